The van der Waals surface area contributed by atoms with E-state index in [0.29, 0.717) is 28.3 Å². The summed E-state index contributed by atoms with van der Waals surface area (Å²) in [4.78, 5) is 19.2. The second-order valence-corrected chi connectivity index (χ2v) is 8.45. The third-order valence-corrected chi connectivity index (χ3v) is 6.43. The summed E-state index contributed by atoms with van der Waals surface area (Å²) in [7, 11) is 1.75. The molecule has 5 rings (SSSR count). The Morgan fingerprint density at radius 2 is 2.29 bits per heavy atom. The van der Waals surface area contributed by atoms with Crippen LogP contribution in [0.2, 0.25) is 5.02 Å². The molecule has 1 fully saturated rings. The number of hydrogen-bond acceptors (Lipinski definition) is 8. The van der Waals surface area contributed by atoms with Gasteiger partial charge in [-0.3, -0.25) is 14.6 Å². The molecule has 12 heteroatoms. The van der Waals surface area contributed by atoms with Crippen LogP contribution in [0, 0.1) is 0 Å². The van der Waals surface area contributed by atoms with Gasteiger partial charge in [0.1, 0.15) is 5.69 Å². The smallest absolute Gasteiger partial charge is 0.269 e. The van der Waals surface area contributed by atoms with Gasteiger partial charge in [0, 0.05) is 49.3 Å². The van der Waals surface area contributed by atoms with Crippen molar-refractivity contribution in [3.63, 3.8) is 0 Å². The summed E-state index contributed by atoms with van der Waals surface area (Å²) < 4.78 is 6.09. The number of carbonyl (C=O) groups is 1. The van der Waals surface area contributed by atoms with E-state index in [9.17, 15) is 4.79 Å². The first-order valence-corrected chi connectivity index (χ1v) is 11.0. The van der Waals surface area contributed by atoms with Crippen LogP contribution in [0.15, 0.2) is 30.6 Å². The third kappa shape index (κ3) is 3.81. The van der Waals surface area contributed by atoms with Crippen LogP contribution in [0.4, 0.5) is 16.8 Å². The summed E-state index contributed by atoms with van der Waals surface area (Å²) in [5, 5.41) is 19.3. The fourth-order valence-corrected chi connectivity index (χ4v) is 4.64. The molecule has 1 aliphatic heterocycles. The maximum Gasteiger partial charge on any atom is 0.269 e. The molecule has 1 atom stereocenters. The molecule has 4 heterocycles. The molecule has 1 saturated heterocycles. The molecule has 0 radical (unpaired) electrons. The quantitative estimate of drug-likeness (QED) is 0.407. The van der Waals surface area contributed by atoms with Crippen molar-refractivity contribution < 1.29 is 4.79 Å². The second kappa shape index (κ2) is 8.16. The summed E-state index contributed by atoms with van der Waals surface area (Å²) in [6.45, 7) is 1.37. The Balaban J connectivity index is 1.26. The van der Waals surface area contributed by atoms with Crippen molar-refractivity contribution in [2.24, 2.45) is 7.05 Å². The Hall–Kier alpha value is -3.18. The molecule has 1 unspecified atom stereocenters. The highest BCUT2D eigenvalue weighted by atomic mass is 35.5. The number of nitrogens with zero attached hydrogens (tertiary/aromatic N) is 6. The molecule has 0 bridgehead atoms. The van der Waals surface area contributed by atoms with Crippen molar-refractivity contribution >= 4 is 56.7 Å². The Morgan fingerprint density at radius 1 is 1.39 bits per heavy atom. The molecule has 1 amide bonds. The Kier molecular flexibility index (Phi) is 5.20. The van der Waals surface area contributed by atoms with Gasteiger partial charge in [0.15, 0.2) is 0 Å². The predicted molar refractivity (Wildman–Crippen MR) is 120 cm³/mol. The third-order valence-electron chi connectivity index (χ3n) is 5.40. The van der Waals surface area contributed by atoms with Crippen molar-refractivity contribution in [1.82, 2.24) is 34.7 Å². The number of H-pyrrole nitrogens is 1. The lowest BCUT2D eigenvalue weighted by Crippen LogP contribution is -2.41. The monoisotopic (exact) mass is 457 g/mol. The van der Waals surface area contributed by atoms with E-state index in [1.807, 2.05) is 12.1 Å². The average Bonchev–Trinajstić information content (AvgIpc) is 3.55. The van der Waals surface area contributed by atoms with Crippen molar-refractivity contribution in [3.8, 4) is 0 Å². The Labute approximate surface area is 186 Å². The summed E-state index contributed by atoms with van der Waals surface area (Å²) in [6, 6.07) is 5.65. The number of aromatic amines is 1. The lowest BCUT2D eigenvalue weighted by Gasteiger charge is -2.23. The fraction of sp³-hybridized carbons (Fsp3) is 0.316. The summed E-state index contributed by atoms with van der Waals surface area (Å²) in [5.74, 6) is 0.523. The van der Waals surface area contributed by atoms with Gasteiger partial charge in [0.2, 0.25) is 11.1 Å². The van der Waals surface area contributed by atoms with Gasteiger partial charge in [-0.25, -0.2) is 0 Å². The van der Waals surface area contributed by atoms with E-state index >= 15 is 0 Å². The number of aromatic nitrogens is 6. The summed E-state index contributed by atoms with van der Waals surface area (Å²) in [5.41, 5.74) is 2.16. The summed E-state index contributed by atoms with van der Waals surface area (Å²) >= 11 is 7.77. The van der Waals surface area contributed by atoms with Gasteiger partial charge in [-0.2, -0.15) is 19.6 Å². The molecular weight excluding hydrogens is 438 g/mol. The SMILES string of the molecule is Cn1nccc1C(=O)NCC1CCCN1c1nsc(Nc2ccc3[nH]ncc3c2Cl)n1. The number of carbonyl (C=O) groups excluding carboxylic acids is 1. The van der Waals surface area contributed by atoms with Crippen LogP contribution in [-0.4, -0.2) is 54.4 Å². The van der Waals surface area contributed by atoms with E-state index in [4.69, 9.17) is 11.6 Å². The van der Waals surface area contributed by atoms with Crippen molar-refractivity contribution in [2.45, 2.75) is 18.9 Å². The largest absolute Gasteiger partial charge is 0.349 e. The van der Waals surface area contributed by atoms with Crippen LogP contribution < -0.4 is 15.5 Å². The van der Waals surface area contributed by atoms with Crippen LogP contribution in [0.5, 0.6) is 0 Å². The van der Waals surface area contributed by atoms with E-state index in [1.54, 1.807) is 30.2 Å². The van der Waals surface area contributed by atoms with E-state index in [2.05, 4.69) is 40.2 Å². The van der Waals surface area contributed by atoms with Crippen molar-refractivity contribution in [1.29, 1.82) is 0 Å². The lowest BCUT2D eigenvalue weighted by atomic mass is 10.2. The number of amides is 1. The van der Waals surface area contributed by atoms with Crippen LogP contribution in [0.3, 0.4) is 0 Å². The Bertz CT molecular complexity index is 1230. The molecule has 1 aromatic carbocycles. The molecular formula is C19H20ClN9OS. The maximum atomic E-state index is 12.4. The van der Waals surface area contributed by atoms with Gasteiger partial charge >= 0.3 is 0 Å². The minimum absolute atomic E-state index is 0.135. The zero-order chi connectivity index (χ0) is 21.4. The molecule has 4 aromatic rings. The number of aryl methyl sites for hydroxylation is 1. The number of benzene rings is 1. The van der Waals surface area contributed by atoms with E-state index in [1.165, 1.54) is 11.5 Å². The van der Waals surface area contributed by atoms with Gasteiger partial charge in [-0.15, -0.1) is 0 Å². The van der Waals surface area contributed by atoms with Gasteiger partial charge in [0.05, 0.1) is 22.4 Å². The van der Waals surface area contributed by atoms with Gasteiger partial charge < -0.3 is 15.5 Å². The number of fused-ring (bicyclic) bond motifs is 1. The maximum absolute atomic E-state index is 12.4. The fourth-order valence-electron chi connectivity index (χ4n) is 3.79. The number of rotatable bonds is 6. The van der Waals surface area contributed by atoms with E-state index in [0.717, 1.165) is 36.0 Å². The molecule has 0 spiro atoms. The van der Waals surface area contributed by atoms with Gasteiger partial charge in [-0.05, 0) is 31.0 Å². The topological polar surface area (TPSA) is 117 Å². The summed E-state index contributed by atoms with van der Waals surface area (Å²) in [6.07, 6.45) is 5.30. The van der Waals surface area contributed by atoms with Crippen LogP contribution >= 0.6 is 23.1 Å². The first-order chi connectivity index (χ1) is 15.1. The number of hydrogen-bond donors (Lipinski definition) is 3. The first-order valence-electron chi connectivity index (χ1n) is 9.85. The number of halogens is 1. The lowest BCUT2D eigenvalue weighted by molar-refractivity contribution is 0.0942. The zero-order valence-corrected chi connectivity index (χ0v) is 18.2. The van der Waals surface area contributed by atoms with Crippen LogP contribution in [-0.2, 0) is 7.05 Å². The van der Waals surface area contributed by atoms with E-state index in [-0.39, 0.29) is 11.9 Å². The highest BCUT2D eigenvalue weighted by molar-refractivity contribution is 7.10. The first kappa shape index (κ1) is 19.8. The van der Waals surface area contributed by atoms with Crippen molar-refractivity contribution in [2.75, 3.05) is 23.3 Å². The normalized spacial score (nSPS) is 16.2. The molecule has 0 saturated carbocycles. The highest BCUT2D eigenvalue weighted by Crippen LogP contribution is 2.33. The molecule has 1 aliphatic rings. The zero-order valence-electron chi connectivity index (χ0n) is 16.7. The second-order valence-electron chi connectivity index (χ2n) is 7.32. The van der Waals surface area contributed by atoms with E-state index < -0.39 is 0 Å². The Morgan fingerprint density at radius 3 is 3.13 bits per heavy atom. The average molecular weight is 458 g/mol. The minimum atomic E-state index is -0.135. The highest BCUT2D eigenvalue weighted by Gasteiger charge is 2.28. The predicted octanol–water partition coefficient (Wildman–Crippen LogP) is 2.94. The van der Waals surface area contributed by atoms with Crippen LogP contribution in [0.25, 0.3) is 10.9 Å². The standard InChI is InChI=1S/C19H20ClN9OS/c1-28-15(6-7-23-28)17(30)21-9-11-3-2-8-29(11)18-25-19(31-27-18)24-14-5-4-13-12(16(14)20)10-22-26-13/h4-7,10-11H,2-3,8-9H2,1H3,(H,21,30)(H,22,26)(H,24,25,27). The number of anilines is 3. The molecule has 3 aromatic heterocycles. The molecule has 31 heavy (non-hydrogen) atoms. The molecule has 10 nitrogen and oxygen atoms in total. The number of nitrogens with one attached hydrogen (secondary N) is 3. The van der Waals surface area contributed by atoms with Gasteiger partial charge in [-0.1, -0.05) is 11.6 Å². The van der Waals surface area contributed by atoms with Gasteiger partial charge in [0.25, 0.3) is 5.91 Å². The van der Waals surface area contributed by atoms with Crippen molar-refractivity contribution in [3.05, 3.63) is 41.3 Å². The molecule has 3 N–H and O–H groups in total. The van der Waals surface area contributed by atoms with Crippen LogP contribution in [0.1, 0.15) is 23.3 Å². The minimum Gasteiger partial charge on any atom is -0.349 e. The molecule has 0 aliphatic carbocycles. The molecule has 160 valence electrons.